The molecule has 8 heteroatoms. The Labute approximate surface area is 136 Å². The molecule has 0 aliphatic carbocycles. The predicted octanol–water partition coefficient (Wildman–Crippen LogP) is 1.64. The number of fused-ring (bicyclic) bond motifs is 1. The second-order valence-corrected chi connectivity index (χ2v) is 6.92. The van der Waals surface area contributed by atoms with Gasteiger partial charge in [0.15, 0.2) is 0 Å². The molecule has 3 N–H and O–H groups in total. The van der Waals surface area contributed by atoms with Crippen molar-refractivity contribution in [2.45, 2.75) is 9.79 Å². The third kappa shape index (κ3) is 2.37. The summed E-state index contributed by atoms with van der Waals surface area (Å²) in [5.41, 5.74) is -0.508. The zero-order chi connectivity index (χ0) is 17.5. The minimum Gasteiger partial charge on any atom is -0.508 e. The largest absolute Gasteiger partial charge is 0.508 e. The van der Waals surface area contributed by atoms with Crippen LogP contribution in [0.25, 0.3) is 10.9 Å². The van der Waals surface area contributed by atoms with E-state index in [1.54, 1.807) is 6.07 Å². The molecule has 0 aliphatic heterocycles. The first kappa shape index (κ1) is 15.6. The van der Waals surface area contributed by atoms with Crippen molar-refractivity contribution in [3.8, 4) is 17.6 Å². The van der Waals surface area contributed by atoms with Gasteiger partial charge in [-0.3, -0.25) is 4.79 Å². The second kappa shape index (κ2) is 5.40. The van der Waals surface area contributed by atoms with Crippen LogP contribution in [0, 0.1) is 11.3 Å². The van der Waals surface area contributed by atoms with Crippen LogP contribution in [-0.4, -0.2) is 23.6 Å². The third-order valence-electron chi connectivity index (χ3n) is 3.52. The van der Waals surface area contributed by atoms with Crippen LogP contribution < -0.4 is 5.43 Å². The molecule has 0 fully saturated rings. The van der Waals surface area contributed by atoms with Gasteiger partial charge in [0.25, 0.3) is 0 Å². The average molecular weight is 342 g/mol. The second-order valence-electron chi connectivity index (χ2n) is 5.01. The number of H-pyrrole nitrogens is 1. The van der Waals surface area contributed by atoms with E-state index in [4.69, 9.17) is 5.26 Å². The third-order valence-corrected chi connectivity index (χ3v) is 5.28. The lowest BCUT2D eigenvalue weighted by Gasteiger charge is -2.07. The normalized spacial score (nSPS) is 11.3. The van der Waals surface area contributed by atoms with Crippen molar-refractivity contribution < 1.29 is 18.6 Å². The van der Waals surface area contributed by atoms with Crippen molar-refractivity contribution in [1.82, 2.24) is 4.98 Å². The molecule has 24 heavy (non-hydrogen) atoms. The number of sulfone groups is 1. The molecular weight excluding hydrogens is 332 g/mol. The fourth-order valence-electron chi connectivity index (χ4n) is 2.29. The molecule has 1 heterocycles. The van der Waals surface area contributed by atoms with E-state index in [0.717, 1.165) is 24.4 Å². The van der Waals surface area contributed by atoms with E-state index in [1.807, 2.05) is 0 Å². The van der Waals surface area contributed by atoms with E-state index in [0.29, 0.717) is 5.52 Å². The number of rotatable bonds is 2. The monoisotopic (exact) mass is 342 g/mol. The standard InChI is InChI=1S/C16H10N2O5S/c17-7-9-1-3-11(6-14(9)20)24(22,23)15-8-18-13-5-10(19)2-4-12(13)16(15)21/h1-6,8,19-20H,(H,18,21). The first-order chi connectivity index (χ1) is 11.3. The number of nitrogens with one attached hydrogen (secondary N) is 1. The lowest BCUT2D eigenvalue weighted by Crippen LogP contribution is -2.16. The Kier molecular flexibility index (Phi) is 3.51. The number of phenolic OH excluding ortho intramolecular Hbond substituents is 2. The minimum atomic E-state index is -4.19. The Bertz CT molecular complexity index is 1170. The maximum atomic E-state index is 12.7. The van der Waals surface area contributed by atoms with Crippen molar-refractivity contribution in [1.29, 1.82) is 5.26 Å². The minimum absolute atomic E-state index is 0.0641. The smallest absolute Gasteiger partial charge is 0.212 e. The number of nitriles is 1. The molecule has 2 aromatic carbocycles. The maximum absolute atomic E-state index is 12.7. The van der Waals surface area contributed by atoms with Gasteiger partial charge in [-0.2, -0.15) is 5.26 Å². The number of pyridine rings is 1. The predicted molar refractivity (Wildman–Crippen MR) is 84.5 cm³/mol. The number of hydrogen-bond acceptors (Lipinski definition) is 6. The molecule has 0 amide bonds. The van der Waals surface area contributed by atoms with E-state index in [-0.39, 0.29) is 21.6 Å². The highest BCUT2D eigenvalue weighted by Gasteiger charge is 2.23. The lowest BCUT2D eigenvalue weighted by atomic mass is 10.2. The summed E-state index contributed by atoms with van der Waals surface area (Å²) in [5, 5.41) is 28.0. The van der Waals surface area contributed by atoms with Gasteiger partial charge in [0.05, 0.1) is 16.0 Å². The van der Waals surface area contributed by atoms with Crippen molar-refractivity contribution >= 4 is 20.7 Å². The number of aromatic nitrogens is 1. The summed E-state index contributed by atoms with van der Waals surface area (Å²) in [6.45, 7) is 0. The van der Waals surface area contributed by atoms with E-state index in [1.165, 1.54) is 18.2 Å². The van der Waals surface area contributed by atoms with Gasteiger partial charge in [-0.05, 0) is 24.3 Å². The molecule has 3 rings (SSSR count). The molecule has 0 unspecified atom stereocenters. The fraction of sp³-hybridized carbons (Fsp3) is 0. The molecule has 0 spiro atoms. The Balaban J connectivity index is 2.24. The molecule has 0 aliphatic rings. The summed E-state index contributed by atoms with van der Waals surface area (Å²) in [7, 11) is -4.19. The number of hydrogen-bond donors (Lipinski definition) is 3. The highest BCUT2D eigenvalue weighted by atomic mass is 32.2. The van der Waals surface area contributed by atoms with Gasteiger partial charge >= 0.3 is 0 Å². The number of aromatic hydroxyl groups is 2. The Morgan fingerprint density at radius 3 is 2.50 bits per heavy atom. The van der Waals surface area contributed by atoms with E-state index in [9.17, 15) is 23.4 Å². The van der Waals surface area contributed by atoms with E-state index in [2.05, 4.69) is 4.98 Å². The number of benzene rings is 2. The van der Waals surface area contributed by atoms with Crippen molar-refractivity contribution in [3.05, 3.63) is 58.4 Å². The van der Waals surface area contributed by atoms with Crippen LogP contribution in [0.15, 0.2) is 57.2 Å². The highest BCUT2D eigenvalue weighted by molar-refractivity contribution is 7.91. The van der Waals surface area contributed by atoms with E-state index < -0.39 is 25.9 Å². The zero-order valence-electron chi connectivity index (χ0n) is 12.0. The molecule has 0 saturated carbocycles. The van der Waals surface area contributed by atoms with Gasteiger partial charge in [-0.15, -0.1) is 0 Å². The van der Waals surface area contributed by atoms with Crippen LogP contribution in [0.4, 0.5) is 0 Å². The number of aromatic amines is 1. The maximum Gasteiger partial charge on any atom is 0.212 e. The lowest BCUT2D eigenvalue weighted by molar-refractivity contribution is 0.471. The van der Waals surface area contributed by atoms with Crippen LogP contribution in [-0.2, 0) is 9.84 Å². The molecule has 3 aromatic rings. The van der Waals surface area contributed by atoms with Gasteiger partial charge in [0.1, 0.15) is 22.5 Å². The van der Waals surface area contributed by atoms with Crippen LogP contribution >= 0.6 is 0 Å². The summed E-state index contributed by atoms with van der Waals surface area (Å²) in [6, 6.07) is 8.86. The Morgan fingerprint density at radius 2 is 1.83 bits per heavy atom. The number of nitrogens with zero attached hydrogens (tertiary/aromatic N) is 1. The summed E-state index contributed by atoms with van der Waals surface area (Å²) < 4.78 is 25.3. The molecule has 0 radical (unpaired) electrons. The van der Waals surface area contributed by atoms with Gasteiger partial charge in [0.2, 0.25) is 15.3 Å². The Morgan fingerprint density at radius 1 is 1.08 bits per heavy atom. The molecule has 0 bridgehead atoms. The van der Waals surface area contributed by atoms with Crippen molar-refractivity contribution in [3.63, 3.8) is 0 Å². The van der Waals surface area contributed by atoms with Crippen molar-refractivity contribution in [2.24, 2.45) is 0 Å². The summed E-state index contributed by atoms with van der Waals surface area (Å²) >= 11 is 0. The Hall–Kier alpha value is -3.31. The molecule has 0 saturated heterocycles. The average Bonchev–Trinajstić information content (AvgIpc) is 2.54. The van der Waals surface area contributed by atoms with Gasteiger partial charge < -0.3 is 15.2 Å². The van der Waals surface area contributed by atoms with Gasteiger partial charge in [0, 0.05) is 23.7 Å². The van der Waals surface area contributed by atoms with Gasteiger partial charge in [-0.1, -0.05) is 0 Å². The van der Waals surface area contributed by atoms with Crippen LogP contribution in [0.3, 0.4) is 0 Å². The van der Waals surface area contributed by atoms with E-state index >= 15 is 0 Å². The van der Waals surface area contributed by atoms with Gasteiger partial charge in [-0.25, -0.2) is 8.42 Å². The summed E-state index contributed by atoms with van der Waals surface area (Å²) in [4.78, 5) is 14.3. The zero-order valence-corrected chi connectivity index (χ0v) is 12.8. The molecule has 7 nitrogen and oxygen atoms in total. The highest BCUT2D eigenvalue weighted by Crippen LogP contribution is 2.25. The quantitative estimate of drug-likeness (QED) is 0.649. The molecule has 0 atom stereocenters. The molecular formula is C16H10N2O5S. The fourth-order valence-corrected chi connectivity index (χ4v) is 3.63. The summed E-state index contributed by atoms with van der Waals surface area (Å²) in [5.74, 6) is -0.550. The molecule has 1 aromatic heterocycles. The number of phenols is 2. The first-order valence-electron chi connectivity index (χ1n) is 6.67. The first-order valence-corrected chi connectivity index (χ1v) is 8.15. The van der Waals surface area contributed by atoms with Crippen LogP contribution in [0.5, 0.6) is 11.5 Å². The van der Waals surface area contributed by atoms with Crippen LogP contribution in [0.1, 0.15) is 5.56 Å². The summed E-state index contributed by atoms with van der Waals surface area (Å²) in [6.07, 6.45) is 1.04. The van der Waals surface area contributed by atoms with Crippen molar-refractivity contribution in [2.75, 3.05) is 0 Å². The van der Waals surface area contributed by atoms with Crippen LogP contribution in [0.2, 0.25) is 0 Å². The molecule has 120 valence electrons. The topological polar surface area (TPSA) is 131 Å². The SMILES string of the molecule is N#Cc1ccc(S(=O)(=O)c2c[nH]c3cc(O)ccc3c2=O)cc1O.